The van der Waals surface area contributed by atoms with Crippen LogP contribution < -0.4 is 15.4 Å². The van der Waals surface area contributed by atoms with Crippen molar-refractivity contribution in [2.24, 2.45) is 5.92 Å². The Morgan fingerprint density at radius 1 is 0.815 bits per heavy atom. The van der Waals surface area contributed by atoms with Crippen molar-refractivity contribution in [3.63, 3.8) is 0 Å². The molecule has 0 radical (unpaired) electrons. The van der Waals surface area contributed by atoms with E-state index in [0.29, 0.717) is 24.6 Å². The second kappa shape index (κ2) is 7.82. The minimum absolute atomic E-state index is 0.0756. The molecule has 0 aromatic heterocycles. The quantitative estimate of drug-likeness (QED) is 0.800. The number of amides is 2. The van der Waals surface area contributed by atoms with Gasteiger partial charge in [-0.1, -0.05) is 49.2 Å². The van der Waals surface area contributed by atoms with Crippen LogP contribution in [0.15, 0.2) is 48.5 Å². The van der Waals surface area contributed by atoms with E-state index < -0.39 is 5.92 Å². The highest BCUT2D eigenvalue weighted by Gasteiger charge is 2.32. The predicted octanol–water partition coefficient (Wildman–Crippen LogP) is 3.35. The molecule has 27 heavy (non-hydrogen) atoms. The zero-order valence-electron chi connectivity index (χ0n) is 15.2. The molecule has 1 heterocycles. The summed E-state index contributed by atoms with van der Waals surface area (Å²) in [5.74, 6) is 1.21. The summed E-state index contributed by atoms with van der Waals surface area (Å²) in [6.45, 7) is 0.868. The molecule has 1 saturated carbocycles. The molecule has 0 bridgehead atoms. The minimum Gasteiger partial charge on any atom is -0.457 e. The van der Waals surface area contributed by atoms with Crippen LogP contribution in [0, 0.1) is 5.92 Å². The molecule has 2 aromatic carbocycles. The fraction of sp³-hybridized carbons (Fsp3) is 0.364. The van der Waals surface area contributed by atoms with Crippen molar-refractivity contribution in [2.45, 2.75) is 31.6 Å². The van der Waals surface area contributed by atoms with Gasteiger partial charge in [0, 0.05) is 30.1 Å². The molecule has 2 aliphatic rings. The van der Waals surface area contributed by atoms with Crippen LogP contribution in [0.2, 0.25) is 0 Å². The van der Waals surface area contributed by atoms with Crippen LogP contribution in [-0.2, 0) is 9.59 Å². The van der Waals surface area contributed by atoms with Crippen LogP contribution in [0.1, 0.15) is 42.7 Å². The predicted molar refractivity (Wildman–Crippen MR) is 103 cm³/mol. The van der Waals surface area contributed by atoms with Gasteiger partial charge in [0.05, 0.1) is 5.92 Å². The van der Waals surface area contributed by atoms with Crippen molar-refractivity contribution >= 4 is 11.8 Å². The lowest BCUT2D eigenvalue weighted by atomic mass is 9.87. The van der Waals surface area contributed by atoms with Gasteiger partial charge in [-0.05, 0) is 25.0 Å². The van der Waals surface area contributed by atoms with E-state index >= 15 is 0 Å². The average Bonchev–Trinajstić information content (AvgIpc) is 3.24. The first-order valence-electron chi connectivity index (χ1n) is 9.65. The molecule has 0 atom stereocenters. The number of carbonyl (C=O) groups excluding carboxylic acids is 2. The summed E-state index contributed by atoms with van der Waals surface area (Å²) >= 11 is 0. The van der Waals surface area contributed by atoms with E-state index in [1.54, 1.807) is 0 Å². The third-order valence-electron chi connectivity index (χ3n) is 5.39. The summed E-state index contributed by atoms with van der Waals surface area (Å²) in [6, 6.07) is 15.3. The molecule has 0 saturated heterocycles. The smallest absolute Gasteiger partial charge is 0.232 e. The minimum atomic E-state index is -0.406. The highest BCUT2D eigenvalue weighted by atomic mass is 16.5. The van der Waals surface area contributed by atoms with Crippen LogP contribution in [0.3, 0.4) is 0 Å². The third-order valence-corrected chi connectivity index (χ3v) is 5.39. The van der Waals surface area contributed by atoms with Crippen molar-refractivity contribution in [2.75, 3.05) is 13.1 Å². The topological polar surface area (TPSA) is 67.4 Å². The zero-order valence-corrected chi connectivity index (χ0v) is 15.2. The number of ether oxygens (including phenoxy) is 1. The van der Waals surface area contributed by atoms with E-state index in [4.69, 9.17) is 4.74 Å². The van der Waals surface area contributed by atoms with E-state index in [2.05, 4.69) is 10.6 Å². The molecule has 1 aliphatic carbocycles. The highest BCUT2D eigenvalue weighted by molar-refractivity contribution is 5.89. The van der Waals surface area contributed by atoms with Gasteiger partial charge in [-0.2, -0.15) is 0 Å². The van der Waals surface area contributed by atoms with Gasteiger partial charge < -0.3 is 15.4 Å². The molecule has 140 valence electrons. The van der Waals surface area contributed by atoms with Gasteiger partial charge in [0.25, 0.3) is 0 Å². The van der Waals surface area contributed by atoms with Crippen LogP contribution in [0.5, 0.6) is 11.5 Å². The fourth-order valence-corrected chi connectivity index (χ4v) is 4.00. The Labute approximate surface area is 159 Å². The maximum atomic E-state index is 12.9. The molecule has 2 aromatic rings. The van der Waals surface area contributed by atoms with E-state index in [9.17, 15) is 9.59 Å². The normalized spacial score (nSPS) is 16.1. The Morgan fingerprint density at radius 2 is 1.33 bits per heavy atom. The summed E-state index contributed by atoms with van der Waals surface area (Å²) in [6.07, 6.45) is 4.23. The van der Waals surface area contributed by atoms with E-state index in [-0.39, 0.29) is 17.7 Å². The second-order valence-corrected chi connectivity index (χ2v) is 7.17. The SMILES string of the molecule is O=C(NCCNC(=O)C1c2ccccc2Oc2ccccc21)C1CCCC1. The van der Waals surface area contributed by atoms with E-state index in [1.165, 1.54) is 0 Å². The lowest BCUT2D eigenvalue weighted by Gasteiger charge is -2.27. The first-order valence-corrected chi connectivity index (χ1v) is 9.65. The maximum Gasteiger partial charge on any atom is 0.232 e. The largest absolute Gasteiger partial charge is 0.457 e. The molecular formula is C22H24N2O3. The number of carbonyl (C=O) groups is 2. The van der Waals surface area contributed by atoms with Gasteiger partial charge in [0.1, 0.15) is 11.5 Å². The lowest BCUT2D eigenvalue weighted by molar-refractivity contribution is -0.125. The van der Waals surface area contributed by atoms with Gasteiger partial charge in [0.15, 0.2) is 0 Å². The van der Waals surface area contributed by atoms with Gasteiger partial charge in [-0.3, -0.25) is 9.59 Å². The number of para-hydroxylation sites is 2. The Morgan fingerprint density at radius 3 is 1.93 bits per heavy atom. The fourth-order valence-electron chi connectivity index (χ4n) is 4.00. The number of hydrogen-bond donors (Lipinski definition) is 2. The molecular weight excluding hydrogens is 340 g/mol. The lowest BCUT2D eigenvalue weighted by Crippen LogP contribution is -2.39. The van der Waals surface area contributed by atoms with E-state index in [1.807, 2.05) is 48.5 Å². The van der Waals surface area contributed by atoms with Gasteiger partial charge in [0.2, 0.25) is 11.8 Å². The molecule has 5 heteroatoms. The Bertz CT molecular complexity index is 797. The standard InChI is InChI=1S/C22H24N2O3/c25-21(15-7-1-2-8-15)23-13-14-24-22(26)20-16-9-3-5-11-18(16)27-19-12-6-4-10-17(19)20/h3-6,9-12,15,20H,1-2,7-8,13-14H2,(H,23,25)(H,24,26). The summed E-state index contributed by atoms with van der Waals surface area (Å²) in [5, 5.41) is 5.91. The number of rotatable bonds is 5. The van der Waals surface area contributed by atoms with Crippen LogP contribution in [0.4, 0.5) is 0 Å². The van der Waals surface area contributed by atoms with Crippen molar-refractivity contribution in [1.29, 1.82) is 0 Å². The first kappa shape index (κ1) is 17.6. The number of hydrogen-bond acceptors (Lipinski definition) is 3. The second-order valence-electron chi connectivity index (χ2n) is 7.17. The highest BCUT2D eigenvalue weighted by Crippen LogP contribution is 2.43. The summed E-state index contributed by atoms with van der Waals surface area (Å²) in [7, 11) is 0. The molecule has 2 N–H and O–H groups in total. The molecule has 1 fully saturated rings. The Hall–Kier alpha value is -2.82. The molecule has 0 unspecified atom stereocenters. The van der Waals surface area contributed by atoms with Gasteiger partial charge in [-0.25, -0.2) is 0 Å². The van der Waals surface area contributed by atoms with Crippen molar-refractivity contribution in [3.05, 3.63) is 59.7 Å². The number of nitrogens with one attached hydrogen (secondary N) is 2. The van der Waals surface area contributed by atoms with Crippen molar-refractivity contribution in [1.82, 2.24) is 10.6 Å². The number of fused-ring (bicyclic) bond motifs is 2. The molecule has 2 amide bonds. The monoisotopic (exact) mass is 364 g/mol. The van der Waals surface area contributed by atoms with Crippen LogP contribution in [-0.4, -0.2) is 24.9 Å². The maximum absolute atomic E-state index is 12.9. The summed E-state index contributed by atoms with van der Waals surface area (Å²) in [5.41, 5.74) is 1.73. The molecule has 1 aliphatic heterocycles. The summed E-state index contributed by atoms with van der Waals surface area (Å²) < 4.78 is 5.93. The third kappa shape index (κ3) is 3.68. The zero-order chi connectivity index (χ0) is 18.6. The Balaban J connectivity index is 1.40. The Kier molecular flexibility index (Phi) is 5.10. The number of benzene rings is 2. The average molecular weight is 364 g/mol. The molecule has 0 spiro atoms. The van der Waals surface area contributed by atoms with E-state index in [0.717, 1.165) is 36.8 Å². The van der Waals surface area contributed by atoms with Crippen molar-refractivity contribution in [3.8, 4) is 11.5 Å². The summed E-state index contributed by atoms with van der Waals surface area (Å²) in [4.78, 5) is 25.0. The van der Waals surface area contributed by atoms with Crippen molar-refractivity contribution < 1.29 is 14.3 Å². The molecule has 5 nitrogen and oxygen atoms in total. The van der Waals surface area contributed by atoms with Crippen LogP contribution >= 0.6 is 0 Å². The van der Waals surface area contributed by atoms with Gasteiger partial charge in [-0.15, -0.1) is 0 Å². The molecule has 4 rings (SSSR count). The first-order chi connectivity index (χ1) is 13.2. The van der Waals surface area contributed by atoms with Crippen LogP contribution in [0.25, 0.3) is 0 Å². The van der Waals surface area contributed by atoms with Gasteiger partial charge >= 0.3 is 0 Å².